The molecule has 24 heavy (non-hydrogen) atoms. The lowest BCUT2D eigenvalue weighted by Crippen LogP contribution is -2.20. The van der Waals surface area contributed by atoms with Crippen LogP contribution in [0, 0.1) is 13.8 Å². The van der Waals surface area contributed by atoms with Gasteiger partial charge in [0.15, 0.2) is 0 Å². The predicted octanol–water partition coefficient (Wildman–Crippen LogP) is 3.46. The Morgan fingerprint density at radius 1 is 1.21 bits per heavy atom. The number of esters is 1. The highest BCUT2D eigenvalue weighted by molar-refractivity contribution is 6.02. The molecular weight excluding hydrogens is 310 g/mol. The topological polar surface area (TPSA) is 92.5 Å². The molecule has 1 aromatic heterocycles. The lowest BCUT2D eigenvalue weighted by molar-refractivity contribution is 0.0525. The quantitative estimate of drug-likeness (QED) is 0.732. The van der Waals surface area contributed by atoms with Gasteiger partial charge in [0, 0.05) is 23.0 Å². The molecule has 7 nitrogen and oxygen atoms in total. The van der Waals surface area contributed by atoms with E-state index in [-0.39, 0.29) is 0 Å². The van der Waals surface area contributed by atoms with Crippen molar-refractivity contribution in [3.8, 4) is 5.75 Å². The van der Waals surface area contributed by atoms with Crippen molar-refractivity contribution in [2.75, 3.05) is 24.4 Å². The number of hydrogen-bond donors (Lipinski definition) is 3. The number of H-pyrrole nitrogens is 1. The van der Waals surface area contributed by atoms with Crippen LogP contribution in [0.2, 0.25) is 0 Å². The molecule has 0 aliphatic carbocycles. The molecule has 2 rings (SSSR count). The molecular formula is C17H21N3O4. The van der Waals surface area contributed by atoms with E-state index in [0.717, 1.165) is 0 Å². The minimum Gasteiger partial charge on any atom is -0.497 e. The molecule has 0 aliphatic heterocycles. The van der Waals surface area contributed by atoms with E-state index in [2.05, 4.69) is 15.6 Å². The molecule has 7 heteroatoms. The van der Waals surface area contributed by atoms with Crippen molar-refractivity contribution < 1.29 is 19.1 Å². The van der Waals surface area contributed by atoms with Crippen molar-refractivity contribution in [1.29, 1.82) is 0 Å². The lowest BCUT2D eigenvalue weighted by Gasteiger charge is -2.08. The van der Waals surface area contributed by atoms with E-state index in [1.165, 1.54) is 0 Å². The average Bonchev–Trinajstić information content (AvgIpc) is 2.81. The summed E-state index contributed by atoms with van der Waals surface area (Å²) in [6.07, 6.45) is 0. The molecule has 128 valence electrons. The Bertz CT molecular complexity index is 752. The van der Waals surface area contributed by atoms with Gasteiger partial charge in [-0.1, -0.05) is 6.07 Å². The summed E-state index contributed by atoms with van der Waals surface area (Å²) >= 11 is 0. The fraction of sp³-hybridized carbons (Fsp3) is 0.294. The third-order valence-electron chi connectivity index (χ3n) is 3.48. The highest BCUT2D eigenvalue weighted by Crippen LogP contribution is 2.23. The Morgan fingerprint density at radius 2 is 1.96 bits per heavy atom. The predicted molar refractivity (Wildman–Crippen MR) is 91.9 cm³/mol. The third-order valence-corrected chi connectivity index (χ3v) is 3.48. The van der Waals surface area contributed by atoms with Gasteiger partial charge in [-0.05, 0) is 32.9 Å². The average molecular weight is 331 g/mol. The van der Waals surface area contributed by atoms with E-state index >= 15 is 0 Å². The maximum atomic E-state index is 12.2. The molecule has 2 aromatic rings. The Balaban J connectivity index is 2.11. The van der Waals surface area contributed by atoms with Crippen molar-refractivity contribution in [1.82, 2.24) is 4.98 Å². The van der Waals surface area contributed by atoms with Crippen LogP contribution < -0.4 is 15.4 Å². The van der Waals surface area contributed by atoms with Crippen LogP contribution in [0.25, 0.3) is 0 Å². The number of aryl methyl sites for hydroxylation is 1. The first-order chi connectivity index (χ1) is 11.5. The number of carbonyl (C=O) groups excluding carboxylic acids is 2. The number of benzene rings is 1. The fourth-order valence-corrected chi connectivity index (χ4v) is 2.36. The number of rotatable bonds is 5. The molecule has 2 amide bonds. The number of ether oxygens (including phenoxy) is 2. The fourth-order valence-electron chi connectivity index (χ4n) is 2.36. The van der Waals surface area contributed by atoms with E-state index in [4.69, 9.17) is 9.47 Å². The Hall–Kier alpha value is -2.96. The van der Waals surface area contributed by atoms with Crippen molar-refractivity contribution in [3.05, 3.63) is 41.1 Å². The Morgan fingerprint density at radius 3 is 2.62 bits per heavy atom. The second-order valence-electron chi connectivity index (χ2n) is 5.16. The molecule has 1 heterocycles. The van der Waals surface area contributed by atoms with Gasteiger partial charge in [0.25, 0.3) is 0 Å². The first-order valence-electron chi connectivity index (χ1n) is 7.54. The number of anilines is 2. The molecule has 0 saturated heterocycles. The van der Waals surface area contributed by atoms with Gasteiger partial charge in [0.05, 0.1) is 19.3 Å². The highest BCUT2D eigenvalue weighted by atomic mass is 16.5. The van der Waals surface area contributed by atoms with Crippen LogP contribution in [-0.4, -0.2) is 30.7 Å². The van der Waals surface area contributed by atoms with Gasteiger partial charge in [0.1, 0.15) is 11.6 Å². The zero-order valence-electron chi connectivity index (χ0n) is 14.1. The molecule has 0 aliphatic rings. The summed E-state index contributed by atoms with van der Waals surface area (Å²) in [4.78, 5) is 27.1. The Labute approximate surface area is 140 Å². The molecule has 0 atom stereocenters. The number of urea groups is 1. The molecule has 0 radical (unpaired) electrons. The standard InChI is InChI=1S/C17H21N3O4/c1-5-24-16(21)14-10(2)15(18-11(14)3)20-17(22)19-12-7-6-8-13(9-12)23-4/h6-9,18H,5H2,1-4H3,(H2,19,20,22). The second-order valence-corrected chi connectivity index (χ2v) is 5.16. The van der Waals surface area contributed by atoms with Gasteiger partial charge < -0.3 is 19.8 Å². The molecule has 0 unspecified atom stereocenters. The van der Waals surface area contributed by atoms with Crippen molar-refractivity contribution >= 4 is 23.5 Å². The van der Waals surface area contributed by atoms with Crippen molar-refractivity contribution in [2.24, 2.45) is 0 Å². The molecule has 0 fully saturated rings. The number of methoxy groups -OCH3 is 1. The number of amides is 2. The molecule has 0 saturated carbocycles. The lowest BCUT2D eigenvalue weighted by atomic mass is 10.1. The smallest absolute Gasteiger partial charge is 0.340 e. The normalized spacial score (nSPS) is 10.2. The van der Waals surface area contributed by atoms with Gasteiger partial charge in [-0.3, -0.25) is 5.32 Å². The minimum atomic E-state index is -0.428. The van der Waals surface area contributed by atoms with E-state index in [9.17, 15) is 9.59 Å². The summed E-state index contributed by atoms with van der Waals surface area (Å²) in [5.74, 6) is 0.685. The van der Waals surface area contributed by atoms with Gasteiger partial charge >= 0.3 is 12.0 Å². The van der Waals surface area contributed by atoms with Crippen LogP contribution in [0.5, 0.6) is 5.75 Å². The van der Waals surface area contributed by atoms with Crippen molar-refractivity contribution in [3.63, 3.8) is 0 Å². The van der Waals surface area contributed by atoms with Gasteiger partial charge in [-0.25, -0.2) is 9.59 Å². The number of aromatic amines is 1. The van der Waals surface area contributed by atoms with Crippen LogP contribution in [0.15, 0.2) is 24.3 Å². The number of nitrogens with one attached hydrogen (secondary N) is 3. The van der Waals surface area contributed by atoms with Gasteiger partial charge in [-0.2, -0.15) is 0 Å². The summed E-state index contributed by atoms with van der Waals surface area (Å²) in [5, 5.41) is 5.41. The molecule has 3 N–H and O–H groups in total. The summed E-state index contributed by atoms with van der Waals surface area (Å²) in [6.45, 7) is 5.54. The van der Waals surface area contributed by atoms with E-state index in [1.807, 2.05) is 0 Å². The van der Waals surface area contributed by atoms with Gasteiger partial charge in [-0.15, -0.1) is 0 Å². The maximum Gasteiger partial charge on any atom is 0.340 e. The SMILES string of the molecule is CCOC(=O)c1c(C)[nH]c(NC(=O)Nc2cccc(OC)c2)c1C. The van der Waals surface area contributed by atoms with Crippen LogP contribution in [0.3, 0.4) is 0 Å². The molecule has 0 spiro atoms. The van der Waals surface area contributed by atoms with Crippen LogP contribution >= 0.6 is 0 Å². The van der Waals surface area contributed by atoms with Gasteiger partial charge in [0.2, 0.25) is 0 Å². The zero-order chi connectivity index (χ0) is 17.7. The largest absolute Gasteiger partial charge is 0.497 e. The summed E-state index contributed by atoms with van der Waals surface area (Å²) in [5.41, 5.74) is 2.31. The van der Waals surface area contributed by atoms with Crippen LogP contribution in [-0.2, 0) is 4.74 Å². The number of carbonyl (C=O) groups is 2. The first kappa shape index (κ1) is 17.4. The van der Waals surface area contributed by atoms with Crippen LogP contribution in [0.4, 0.5) is 16.3 Å². The maximum absolute atomic E-state index is 12.2. The minimum absolute atomic E-state index is 0.294. The Kier molecular flexibility index (Phi) is 5.47. The molecule has 0 bridgehead atoms. The number of aromatic nitrogens is 1. The van der Waals surface area contributed by atoms with E-state index in [0.29, 0.717) is 40.7 Å². The first-order valence-corrected chi connectivity index (χ1v) is 7.54. The van der Waals surface area contributed by atoms with Crippen molar-refractivity contribution in [2.45, 2.75) is 20.8 Å². The monoisotopic (exact) mass is 331 g/mol. The summed E-state index contributed by atoms with van der Waals surface area (Å²) in [7, 11) is 1.56. The third kappa shape index (κ3) is 3.87. The summed E-state index contributed by atoms with van der Waals surface area (Å²) < 4.78 is 10.1. The van der Waals surface area contributed by atoms with E-state index in [1.54, 1.807) is 52.1 Å². The molecule has 1 aromatic carbocycles. The highest BCUT2D eigenvalue weighted by Gasteiger charge is 2.20. The zero-order valence-corrected chi connectivity index (χ0v) is 14.1. The number of hydrogen-bond acceptors (Lipinski definition) is 4. The van der Waals surface area contributed by atoms with E-state index < -0.39 is 12.0 Å². The van der Waals surface area contributed by atoms with Crippen LogP contribution in [0.1, 0.15) is 28.5 Å². The second kappa shape index (κ2) is 7.54. The summed E-state index contributed by atoms with van der Waals surface area (Å²) in [6, 6.07) is 6.59.